The molecule has 0 saturated carbocycles. The highest BCUT2D eigenvalue weighted by Gasteiger charge is 2.11. The molecule has 0 fully saturated rings. The van der Waals surface area contributed by atoms with E-state index in [-0.39, 0.29) is 23.2 Å². The van der Waals surface area contributed by atoms with Crippen molar-refractivity contribution in [2.24, 2.45) is 10.2 Å². The van der Waals surface area contributed by atoms with Gasteiger partial charge in [0.1, 0.15) is 5.69 Å². The average molecular weight is 475 g/mol. The van der Waals surface area contributed by atoms with Crippen molar-refractivity contribution in [2.45, 2.75) is 27.2 Å². The molecule has 2 aromatic carbocycles. The molecule has 0 aliphatic carbocycles. The fraction of sp³-hybridized carbons (Fsp3) is 0.435. The third-order valence-corrected chi connectivity index (χ3v) is 5.52. The molecule has 2 aromatic rings. The predicted molar refractivity (Wildman–Crippen MR) is 132 cm³/mol. The molecular formula is C23H31ClN6O3. The van der Waals surface area contributed by atoms with Crippen LogP contribution in [-0.2, 0) is 4.79 Å². The highest BCUT2D eigenvalue weighted by molar-refractivity contribution is 6.33. The van der Waals surface area contributed by atoms with E-state index in [4.69, 9.17) is 11.6 Å². The maximum atomic E-state index is 12.3. The second kappa shape index (κ2) is 13.5. The lowest BCUT2D eigenvalue weighted by molar-refractivity contribution is -0.384. The lowest BCUT2D eigenvalue weighted by atomic mass is 10.2. The van der Waals surface area contributed by atoms with E-state index in [1.54, 1.807) is 12.1 Å². The molecule has 0 atom stereocenters. The zero-order valence-electron chi connectivity index (χ0n) is 19.3. The lowest BCUT2D eigenvalue weighted by Crippen LogP contribution is -2.38. The summed E-state index contributed by atoms with van der Waals surface area (Å²) in [5.41, 5.74) is 1.75. The summed E-state index contributed by atoms with van der Waals surface area (Å²) in [5, 5.41) is 22.2. The Bertz CT molecular complexity index is 948. The second-order valence-corrected chi connectivity index (χ2v) is 7.76. The maximum Gasteiger partial charge on any atom is 0.271 e. The van der Waals surface area contributed by atoms with Crippen molar-refractivity contribution in [3.05, 3.63) is 57.6 Å². The second-order valence-electron chi connectivity index (χ2n) is 7.35. The van der Waals surface area contributed by atoms with E-state index in [1.165, 1.54) is 18.2 Å². The molecule has 2 rings (SSSR count). The molecule has 178 valence electrons. The molecule has 1 N–H and O–H groups in total. The van der Waals surface area contributed by atoms with Crippen LogP contribution in [0.3, 0.4) is 0 Å². The molecule has 10 heteroatoms. The van der Waals surface area contributed by atoms with Gasteiger partial charge in [-0.15, -0.1) is 5.11 Å². The third-order valence-electron chi connectivity index (χ3n) is 5.21. The molecule has 0 bridgehead atoms. The normalized spacial score (nSPS) is 11.2. The van der Waals surface area contributed by atoms with Gasteiger partial charge < -0.3 is 15.1 Å². The third kappa shape index (κ3) is 8.43. The number of hydrogen-bond donors (Lipinski definition) is 1. The van der Waals surface area contributed by atoms with Gasteiger partial charge in [-0.05, 0) is 63.3 Å². The number of halogens is 1. The molecule has 0 aliphatic rings. The first-order chi connectivity index (χ1) is 15.9. The number of likely N-dealkylation sites (N-methyl/N-ethyl adjacent to an activating group) is 1. The number of hydrogen-bond acceptors (Lipinski definition) is 7. The fourth-order valence-corrected chi connectivity index (χ4v) is 3.43. The summed E-state index contributed by atoms with van der Waals surface area (Å²) in [6.45, 7) is 10.9. The zero-order valence-corrected chi connectivity index (χ0v) is 20.1. The molecule has 0 aromatic heterocycles. The van der Waals surface area contributed by atoms with Crippen LogP contribution in [0.2, 0.25) is 5.02 Å². The van der Waals surface area contributed by atoms with Crippen LogP contribution < -0.4 is 10.2 Å². The number of anilines is 1. The van der Waals surface area contributed by atoms with Crippen molar-refractivity contribution >= 4 is 40.3 Å². The largest absolute Gasteiger partial charge is 0.362 e. The van der Waals surface area contributed by atoms with Gasteiger partial charge >= 0.3 is 0 Å². The molecule has 0 spiro atoms. The highest BCUT2D eigenvalue weighted by atomic mass is 35.5. The van der Waals surface area contributed by atoms with Crippen molar-refractivity contribution in [3.8, 4) is 0 Å². The summed E-state index contributed by atoms with van der Waals surface area (Å²) >= 11 is 6.04. The van der Waals surface area contributed by atoms with E-state index in [0.29, 0.717) is 24.5 Å². The highest BCUT2D eigenvalue weighted by Crippen LogP contribution is 2.30. The Morgan fingerprint density at radius 3 is 2.33 bits per heavy atom. The van der Waals surface area contributed by atoms with Gasteiger partial charge in [-0.2, -0.15) is 5.11 Å². The molecule has 0 saturated heterocycles. The van der Waals surface area contributed by atoms with E-state index < -0.39 is 4.92 Å². The van der Waals surface area contributed by atoms with Crippen LogP contribution in [0, 0.1) is 10.1 Å². The van der Waals surface area contributed by atoms with Gasteiger partial charge in [-0.25, -0.2) is 0 Å². The minimum absolute atomic E-state index is 0.00651. The zero-order chi connectivity index (χ0) is 24.2. The summed E-state index contributed by atoms with van der Waals surface area (Å²) in [7, 11) is 0. The molecular weight excluding hydrogens is 444 g/mol. The number of nitro benzene ring substituents is 1. The molecule has 33 heavy (non-hydrogen) atoms. The first kappa shape index (κ1) is 26.2. The Morgan fingerprint density at radius 2 is 1.76 bits per heavy atom. The van der Waals surface area contributed by atoms with Gasteiger partial charge in [0.15, 0.2) is 0 Å². The van der Waals surface area contributed by atoms with Crippen molar-refractivity contribution in [3.63, 3.8) is 0 Å². The average Bonchev–Trinajstić information content (AvgIpc) is 2.82. The minimum atomic E-state index is -0.516. The molecule has 0 aliphatic heterocycles. The number of nitro groups is 1. The van der Waals surface area contributed by atoms with E-state index in [2.05, 4.69) is 34.3 Å². The number of non-ortho nitro benzene ring substituents is 1. The molecule has 1 amide bonds. The van der Waals surface area contributed by atoms with Gasteiger partial charge in [0.25, 0.3) is 5.69 Å². The number of amides is 1. The molecule has 0 unspecified atom stereocenters. The van der Waals surface area contributed by atoms with Gasteiger partial charge in [0.05, 0.1) is 22.2 Å². The first-order valence-corrected chi connectivity index (χ1v) is 11.4. The van der Waals surface area contributed by atoms with Crippen molar-refractivity contribution < 1.29 is 9.72 Å². The summed E-state index contributed by atoms with van der Waals surface area (Å²) < 4.78 is 0. The van der Waals surface area contributed by atoms with Crippen molar-refractivity contribution in [1.82, 2.24) is 10.2 Å². The van der Waals surface area contributed by atoms with Crippen LogP contribution in [0.15, 0.2) is 52.7 Å². The number of rotatable bonds is 13. The molecule has 0 radical (unpaired) electrons. The summed E-state index contributed by atoms with van der Waals surface area (Å²) in [5.74, 6) is -0.00651. The number of carbonyl (C=O) groups is 1. The summed E-state index contributed by atoms with van der Waals surface area (Å²) in [4.78, 5) is 26.9. The number of azo groups is 1. The quantitative estimate of drug-likeness (QED) is 0.183. The Kier molecular flexibility index (Phi) is 10.7. The SMILES string of the molecule is CCN(CC)CCCNC(=O)CN(CC)c1ccc(/N=N/c2ccc([N+](=O)[O-])cc2Cl)cc1. The summed E-state index contributed by atoms with van der Waals surface area (Å²) in [6.07, 6.45) is 0.929. The first-order valence-electron chi connectivity index (χ1n) is 11.1. The van der Waals surface area contributed by atoms with Crippen LogP contribution >= 0.6 is 11.6 Å². The summed E-state index contributed by atoms with van der Waals surface area (Å²) in [6, 6.07) is 11.4. The smallest absolute Gasteiger partial charge is 0.271 e. The minimum Gasteiger partial charge on any atom is -0.362 e. The van der Waals surface area contributed by atoms with Gasteiger partial charge in [0.2, 0.25) is 5.91 Å². The topological polar surface area (TPSA) is 103 Å². The fourth-order valence-electron chi connectivity index (χ4n) is 3.22. The van der Waals surface area contributed by atoms with Gasteiger partial charge in [0, 0.05) is 30.9 Å². The van der Waals surface area contributed by atoms with Crippen LogP contribution in [0.4, 0.5) is 22.7 Å². The van der Waals surface area contributed by atoms with Crippen LogP contribution in [0.5, 0.6) is 0 Å². The van der Waals surface area contributed by atoms with Crippen LogP contribution in [0.25, 0.3) is 0 Å². The van der Waals surface area contributed by atoms with Gasteiger partial charge in [-0.3, -0.25) is 14.9 Å². The lowest BCUT2D eigenvalue weighted by Gasteiger charge is -2.23. The molecule has 0 heterocycles. The Balaban J connectivity index is 1.91. The van der Waals surface area contributed by atoms with Crippen molar-refractivity contribution in [2.75, 3.05) is 44.2 Å². The number of benzene rings is 2. The van der Waals surface area contributed by atoms with Crippen molar-refractivity contribution in [1.29, 1.82) is 0 Å². The van der Waals surface area contributed by atoms with E-state index >= 15 is 0 Å². The van der Waals surface area contributed by atoms with Crippen LogP contribution in [0.1, 0.15) is 27.2 Å². The maximum absolute atomic E-state index is 12.3. The Labute approximate surface area is 199 Å². The predicted octanol–water partition coefficient (Wildman–Crippen LogP) is 5.34. The molecule has 9 nitrogen and oxygen atoms in total. The number of carbonyl (C=O) groups excluding carboxylic acids is 1. The van der Waals surface area contributed by atoms with E-state index in [9.17, 15) is 14.9 Å². The Morgan fingerprint density at radius 1 is 1.06 bits per heavy atom. The number of nitrogens with zero attached hydrogens (tertiary/aromatic N) is 5. The number of nitrogens with one attached hydrogen (secondary N) is 1. The van der Waals surface area contributed by atoms with Gasteiger partial charge in [-0.1, -0.05) is 25.4 Å². The monoisotopic (exact) mass is 474 g/mol. The Hall–Kier alpha value is -3.04. The van der Waals surface area contributed by atoms with E-state index in [0.717, 1.165) is 31.7 Å². The van der Waals surface area contributed by atoms with E-state index in [1.807, 2.05) is 24.0 Å². The van der Waals surface area contributed by atoms with Crippen LogP contribution in [-0.4, -0.2) is 55.0 Å². The standard InChI is InChI=1S/C23H31ClN6O3/c1-4-28(5-2)15-7-14-25-23(31)17-29(6-3)19-10-8-18(9-11-19)26-27-22-13-12-20(30(32)33)16-21(22)24/h8-13,16H,4-7,14-15,17H2,1-3H3,(H,25,31)/b27-26+.